The first-order valence-electron chi connectivity index (χ1n) is 7.22. The minimum atomic E-state index is -2.38. The molecule has 0 spiro atoms. The van der Waals surface area contributed by atoms with Gasteiger partial charge in [0.1, 0.15) is 0 Å². The molecule has 1 saturated carbocycles. The van der Waals surface area contributed by atoms with Crippen LogP contribution in [0.15, 0.2) is 0 Å². The smallest absolute Gasteiger partial charge is 0.248 e. The fourth-order valence-electron chi connectivity index (χ4n) is 2.55. The monoisotopic (exact) mass is 247 g/mol. The fourth-order valence-corrected chi connectivity index (χ4v) is 2.55. The molecular weight excluding hydrogens is 220 g/mol. The Labute approximate surface area is 104 Å². The molecule has 0 saturated heterocycles. The van der Waals surface area contributed by atoms with Crippen LogP contribution >= 0.6 is 0 Å². The summed E-state index contributed by atoms with van der Waals surface area (Å²) in [6, 6.07) is 0. The van der Waals surface area contributed by atoms with Gasteiger partial charge in [0.2, 0.25) is 5.92 Å². The lowest BCUT2D eigenvalue weighted by Crippen LogP contribution is -2.23. The highest BCUT2D eigenvalue weighted by molar-refractivity contribution is 4.82. The Bertz CT molecular complexity index is 195. The Morgan fingerprint density at radius 1 is 1.12 bits per heavy atom. The van der Waals surface area contributed by atoms with E-state index in [9.17, 15) is 8.78 Å². The number of unbranched alkanes of at least 4 members (excludes halogenated alkanes) is 5. The number of hydrogen-bond acceptors (Lipinski definition) is 1. The van der Waals surface area contributed by atoms with Crippen molar-refractivity contribution in [1.82, 2.24) is 5.32 Å². The molecule has 1 fully saturated rings. The van der Waals surface area contributed by atoms with Gasteiger partial charge in [-0.25, -0.2) is 8.78 Å². The van der Waals surface area contributed by atoms with Gasteiger partial charge in [0.25, 0.3) is 0 Å². The molecule has 0 aromatic carbocycles. The maximum Gasteiger partial charge on any atom is 0.248 e. The Balaban J connectivity index is 1.85. The van der Waals surface area contributed by atoms with Crippen LogP contribution in [0.2, 0.25) is 0 Å². The first-order chi connectivity index (χ1) is 8.14. The Kier molecular flexibility index (Phi) is 7.02. The molecule has 3 heteroatoms. The van der Waals surface area contributed by atoms with E-state index in [1.165, 1.54) is 38.5 Å². The Morgan fingerprint density at radius 2 is 1.82 bits per heavy atom. The van der Waals surface area contributed by atoms with Crippen molar-refractivity contribution in [3.63, 3.8) is 0 Å². The summed E-state index contributed by atoms with van der Waals surface area (Å²) in [7, 11) is 0. The molecular formula is C14H27F2N. The molecule has 1 N–H and O–H groups in total. The molecule has 1 aliphatic carbocycles. The fraction of sp³-hybridized carbons (Fsp3) is 1.00. The molecule has 0 aromatic heterocycles. The molecule has 1 atom stereocenters. The van der Waals surface area contributed by atoms with Gasteiger partial charge in [0, 0.05) is 12.8 Å². The van der Waals surface area contributed by atoms with Crippen LogP contribution in [0.1, 0.15) is 64.7 Å². The van der Waals surface area contributed by atoms with Crippen LogP contribution in [-0.4, -0.2) is 19.0 Å². The van der Waals surface area contributed by atoms with Crippen molar-refractivity contribution in [1.29, 1.82) is 0 Å². The molecule has 1 unspecified atom stereocenters. The Hall–Kier alpha value is -0.180. The summed E-state index contributed by atoms with van der Waals surface area (Å²) in [5.74, 6) is -2.18. The van der Waals surface area contributed by atoms with Crippen molar-refractivity contribution < 1.29 is 8.78 Å². The summed E-state index contributed by atoms with van der Waals surface area (Å²) in [6.45, 7) is 4.00. The number of halogens is 2. The maximum absolute atomic E-state index is 12.9. The molecule has 1 rings (SSSR count). The summed E-state index contributed by atoms with van der Waals surface area (Å²) in [5, 5.41) is 3.32. The van der Waals surface area contributed by atoms with Crippen LogP contribution in [0.5, 0.6) is 0 Å². The second kappa shape index (κ2) is 8.02. The number of rotatable bonds is 9. The van der Waals surface area contributed by atoms with Crippen molar-refractivity contribution in [2.75, 3.05) is 13.1 Å². The molecule has 102 valence electrons. The minimum Gasteiger partial charge on any atom is -0.316 e. The zero-order chi connectivity index (χ0) is 12.6. The standard InChI is InChI=1S/C14H27F2N/c1-2-3-4-5-6-7-10-17-12-13-8-9-14(15,16)11-13/h13,17H,2-12H2,1H3. The highest BCUT2D eigenvalue weighted by Gasteiger charge is 2.38. The second-order valence-corrected chi connectivity index (χ2v) is 5.44. The van der Waals surface area contributed by atoms with Gasteiger partial charge in [0.05, 0.1) is 0 Å². The third-order valence-corrected chi connectivity index (χ3v) is 3.65. The zero-order valence-electron chi connectivity index (χ0n) is 11.1. The molecule has 0 amide bonds. The first-order valence-corrected chi connectivity index (χ1v) is 7.22. The van der Waals surface area contributed by atoms with Crippen molar-refractivity contribution in [2.24, 2.45) is 5.92 Å². The topological polar surface area (TPSA) is 12.0 Å². The van der Waals surface area contributed by atoms with E-state index in [0.29, 0.717) is 6.42 Å². The van der Waals surface area contributed by atoms with Gasteiger partial charge in [-0.05, 0) is 31.8 Å². The van der Waals surface area contributed by atoms with Gasteiger partial charge in [0.15, 0.2) is 0 Å². The van der Waals surface area contributed by atoms with Gasteiger partial charge < -0.3 is 5.32 Å². The summed E-state index contributed by atoms with van der Waals surface area (Å²) in [5.41, 5.74) is 0. The van der Waals surface area contributed by atoms with E-state index in [1.54, 1.807) is 0 Å². The molecule has 17 heavy (non-hydrogen) atoms. The molecule has 0 bridgehead atoms. The molecule has 0 aromatic rings. The van der Waals surface area contributed by atoms with Crippen LogP contribution in [0.25, 0.3) is 0 Å². The van der Waals surface area contributed by atoms with Gasteiger partial charge in [-0.3, -0.25) is 0 Å². The van der Waals surface area contributed by atoms with Crippen LogP contribution < -0.4 is 5.32 Å². The third-order valence-electron chi connectivity index (χ3n) is 3.65. The van der Waals surface area contributed by atoms with Crippen molar-refractivity contribution in [3.05, 3.63) is 0 Å². The quantitative estimate of drug-likeness (QED) is 0.596. The van der Waals surface area contributed by atoms with E-state index in [4.69, 9.17) is 0 Å². The average molecular weight is 247 g/mol. The van der Waals surface area contributed by atoms with E-state index < -0.39 is 5.92 Å². The summed E-state index contributed by atoms with van der Waals surface area (Å²) in [6.07, 6.45) is 8.62. The van der Waals surface area contributed by atoms with E-state index in [0.717, 1.165) is 13.1 Å². The number of nitrogens with one attached hydrogen (secondary N) is 1. The third kappa shape index (κ3) is 6.97. The molecule has 0 heterocycles. The summed E-state index contributed by atoms with van der Waals surface area (Å²) < 4.78 is 25.8. The SMILES string of the molecule is CCCCCCCCNCC1CCC(F)(F)C1. The van der Waals surface area contributed by atoms with Crippen LogP contribution in [0.3, 0.4) is 0 Å². The largest absolute Gasteiger partial charge is 0.316 e. The van der Waals surface area contributed by atoms with Crippen molar-refractivity contribution in [3.8, 4) is 0 Å². The zero-order valence-corrected chi connectivity index (χ0v) is 11.1. The van der Waals surface area contributed by atoms with Gasteiger partial charge in [-0.1, -0.05) is 39.0 Å². The predicted molar refractivity (Wildman–Crippen MR) is 68.5 cm³/mol. The van der Waals surface area contributed by atoms with Crippen molar-refractivity contribution in [2.45, 2.75) is 70.6 Å². The van der Waals surface area contributed by atoms with Gasteiger partial charge >= 0.3 is 0 Å². The minimum absolute atomic E-state index is 0.0936. The van der Waals surface area contributed by atoms with E-state index in [-0.39, 0.29) is 18.8 Å². The number of hydrogen-bond donors (Lipinski definition) is 1. The molecule has 0 radical (unpaired) electrons. The average Bonchev–Trinajstić information content (AvgIpc) is 2.62. The summed E-state index contributed by atoms with van der Waals surface area (Å²) >= 11 is 0. The highest BCUT2D eigenvalue weighted by Crippen LogP contribution is 2.38. The molecule has 0 aliphatic heterocycles. The maximum atomic E-state index is 12.9. The van der Waals surface area contributed by atoms with Gasteiger partial charge in [-0.2, -0.15) is 0 Å². The van der Waals surface area contributed by atoms with Crippen LogP contribution in [-0.2, 0) is 0 Å². The summed E-state index contributed by atoms with van der Waals surface area (Å²) in [4.78, 5) is 0. The van der Waals surface area contributed by atoms with Crippen LogP contribution in [0, 0.1) is 5.92 Å². The van der Waals surface area contributed by atoms with E-state index >= 15 is 0 Å². The lowest BCUT2D eigenvalue weighted by molar-refractivity contribution is 0.00509. The lowest BCUT2D eigenvalue weighted by atomic mass is 10.1. The van der Waals surface area contributed by atoms with Crippen LogP contribution in [0.4, 0.5) is 8.78 Å². The predicted octanol–water partition coefficient (Wildman–Crippen LogP) is 4.37. The second-order valence-electron chi connectivity index (χ2n) is 5.44. The molecule has 1 aliphatic rings. The highest BCUT2D eigenvalue weighted by atomic mass is 19.3. The van der Waals surface area contributed by atoms with Gasteiger partial charge in [-0.15, -0.1) is 0 Å². The molecule has 1 nitrogen and oxygen atoms in total. The van der Waals surface area contributed by atoms with E-state index in [2.05, 4.69) is 12.2 Å². The first kappa shape index (κ1) is 14.9. The normalized spacial score (nSPS) is 23.1. The number of alkyl halides is 2. The lowest BCUT2D eigenvalue weighted by Gasteiger charge is -2.11. The van der Waals surface area contributed by atoms with Crippen molar-refractivity contribution >= 4 is 0 Å². The Morgan fingerprint density at radius 3 is 2.47 bits per heavy atom. The van der Waals surface area contributed by atoms with E-state index in [1.807, 2.05) is 0 Å².